The minimum atomic E-state index is -0.135. The summed E-state index contributed by atoms with van der Waals surface area (Å²) in [5, 5.41) is 9.82. The van der Waals surface area contributed by atoms with E-state index >= 15 is 0 Å². The van der Waals surface area contributed by atoms with Gasteiger partial charge in [-0.1, -0.05) is 23.3 Å². The maximum absolute atomic E-state index is 9.82. The molecule has 1 aliphatic heterocycles. The van der Waals surface area contributed by atoms with E-state index in [9.17, 15) is 5.11 Å². The average Bonchev–Trinajstić information content (AvgIpc) is 2.45. The zero-order chi connectivity index (χ0) is 17.7. The highest BCUT2D eigenvalue weighted by Gasteiger charge is 2.31. The molecule has 1 N–H and O–H groups in total. The summed E-state index contributed by atoms with van der Waals surface area (Å²) >= 11 is 0. The Morgan fingerprint density at radius 1 is 1.21 bits per heavy atom. The summed E-state index contributed by atoms with van der Waals surface area (Å²) < 4.78 is 6.28. The van der Waals surface area contributed by atoms with Crippen molar-refractivity contribution in [2.24, 2.45) is 0 Å². The molecule has 2 heteroatoms. The maximum atomic E-state index is 9.82. The number of rotatable bonds is 6. The van der Waals surface area contributed by atoms with Gasteiger partial charge >= 0.3 is 0 Å². The number of allylic oxidation sites excluding steroid dienone is 4. The summed E-state index contributed by atoms with van der Waals surface area (Å²) in [5.74, 6) is 1.16. The third kappa shape index (κ3) is 5.15. The standard InChI is InChI=1S/C22H32O2/c1-16(2)8-6-9-17(3)10-7-12-22(5)13-11-20-18(4)14-19(23)15-21(20)24-22/h8,10,14-15,23H,6-7,9,11-13H2,1-5H3. The largest absolute Gasteiger partial charge is 0.508 e. The number of phenolic OH excluding ortho intramolecular Hbond substituents is 1. The number of fused-ring (bicyclic) bond motifs is 1. The van der Waals surface area contributed by atoms with Crippen LogP contribution in [-0.4, -0.2) is 10.7 Å². The number of benzene rings is 1. The van der Waals surface area contributed by atoms with Crippen molar-refractivity contribution in [3.05, 3.63) is 46.6 Å². The van der Waals surface area contributed by atoms with Crippen molar-refractivity contribution in [3.63, 3.8) is 0 Å². The highest BCUT2D eigenvalue weighted by Crippen LogP contribution is 2.39. The lowest BCUT2D eigenvalue weighted by Crippen LogP contribution is -2.36. The molecule has 0 amide bonds. The number of hydrogen-bond acceptors (Lipinski definition) is 2. The fourth-order valence-electron chi connectivity index (χ4n) is 3.37. The Bertz CT molecular complexity index is 636. The lowest BCUT2D eigenvalue weighted by atomic mass is 9.87. The van der Waals surface area contributed by atoms with Crippen molar-refractivity contribution in [3.8, 4) is 11.5 Å². The molecule has 0 spiro atoms. The lowest BCUT2D eigenvalue weighted by molar-refractivity contribution is 0.0567. The molecule has 1 aromatic carbocycles. The first-order chi connectivity index (χ1) is 11.3. The number of phenols is 1. The molecule has 0 saturated heterocycles. The molecule has 24 heavy (non-hydrogen) atoms. The monoisotopic (exact) mass is 328 g/mol. The minimum absolute atomic E-state index is 0.135. The van der Waals surface area contributed by atoms with E-state index in [1.807, 2.05) is 13.0 Å². The first-order valence-electron chi connectivity index (χ1n) is 9.09. The van der Waals surface area contributed by atoms with Crippen LogP contribution in [0.2, 0.25) is 0 Å². The van der Waals surface area contributed by atoms with Crippen LogP contribution in [0.5, 0.6) is 11.5 Å². The molecule has 1 atom stereocenters. The normalized spacial score (nSPS) is 20.3. The second-order valence-corrected chi connectivity index (χ2v) is 7.70. The van der Waals surface area contributed by atoms with Crippen LogP contribution in [0.3, 0.4) is 0 Å². The number of aromatic hydroxyl groups is 1. The van der Waals surface area contributed by atoms with Crippen molar-refractivity contribution < 1.29 is 9.84 Å². The number of hydrogen-bond donors (Lipinski definition) is 1. The molecule has 2 nitrogen and oxygen atoms in total. The number of ether oxygens (including phenoxy) is 1. The quantitative estimate of drug-likeness (QED) is 0.625. The van der Waals surface area contributed by atoms with Gasteiger partial charge in [-0.05, 0) is 90.3 Å². The Morgan fingerprint density at radius 3 is 2.67 bits per heavy atom. The van der Waals surface area contributed by atoms with Gasteiger partial charge in [0.25, 0.3) is 0 Å². The van der Waals surface area contributed by atoms with Crippen LogP contribution < -0.4 is 4.74 Å². The van der Waals surface area contributed by atoms with Crippen molar-refractivity contribution in [2.45, 2.75) is 78.7 Å². The smallest absolute Gasteiger partial charge is 0.127 e. The Balaban J connectivity index is 1.92. The second-order valence-electron chi connectivity index (χ2n) is 7.70. The highest BCUT2D eigenvalue weighted by atomic mass is 16.5. The molecular formula is C22H32O2. The van der Waals surface area contributed by atoms with Crippen LogP contribution in [-0.2, 0) is 6.42 Å². The predicted molar refractivity (Wildman–Crippen MR) is 102 cm³/mol. The topological polar surface area (TPSA) is 29.5 Å². The molecule has 1 aromatic rings. The van der Waals surface area contributed by atoms with E-state index in [0.29, 0.717) is 5.75 Å². The van der Waals surface area contributed by atoms with E-state index in [-0.39, 0.29) is 5.60 Å². The second kappa shape index (κ2) is 7.92. The van der Waals surface area contributed by atoms with Gasteiger partial charge in [0.2, 0.25) is 0 Å². The summed E-state index contributed by atoms with van der Waals surface area (Å²) in [7, 11) is 0. The predicted octanol–water partition coefficient (Wildman–Crippen LogP) is 6.26. The van der Waals surface area contributed by atoms with E-state index in [1.54, 1.807) is 6.07 Å². The third-order valence-corrected chi connectivity index (χ3v) is 4.93. The minimum Gasteiger partial charge on any atom is -0.508 e. The summed E-state index contributed by atoms with van der Waals surface area (Å²) in [4.78, 5) is 0. The first kappa shape index (κ1) is 18.6. The van der Waals surface area contributed by atoms with Gasteiger partial charge in [0.05, 0.1) is 0 Å². The van der Waals surface area contributed by atoms with Gasteiger partial charge in [-0.25, -0.2) is 0 Å². The summed E-state index contributed by atoms with van der Waals surface area (Å²) in [5.41, 5.74) is 5.09. The Hall–Kier alpha value is -1.70. The summed E-state index contributed by atoms with van der Waals surface area (Å²) in [6, 6.07) is 3.59. The number of aryl methyl sites for hydroxylation is 1. The fraction of sp³-hybridized carbons (Fsp3) is 0.545. The lowest BCUT2D eigenvalue weighted by Gasteiger charge is -2.36. The third-order valence-electron chi connectivity index (χ3n) is 4.93. The van der Waals surface area contributed by atoms with Gasteiger partial charge in [-0.2, -0.15) is 0 Å². The van der Waals surface area contributed by atoms with E-state index in [1.165, 1.54) is 16.7 Å². The van der Waals surface area contributed by atoms with E-state index in [0.717, 1.165) is 49.8 Å². The fourth-order valence-corrected chi connectivity index (χ4v) is 3.37. The molecule has 0 fully saturated rings. The van der Waals surface area contributed by atoms with Crippen LogP contribution in [0.25, 0.3) is 0 Å². The van der Waals surface area contributed by atoms with Gasteiger partial charge in [-0.15, -0.1) is 0 Å². The molecule has 0 aromatic heterocycles. The van der Waals surface area contributed by atoms with Gasteiger partial charge in [-0.3, -0.25) is 0 Å². The van der Waals surface area contributed by atoms with Crippen LogP contribution >= 0.6 is 0 Å². The molecule has 1 unspecified atom stereocenters. The van der Waals surface area contributed by atoms with Crippen LogP contribution in [0.4, 0.5) is 0 Å². The SMILES string of the molecule is CC(C)=CCCC(C)=CCCC1(C)CCc2c(C)cc(O)cc2O1. The Kier molecular flexibility index (Phi) is 6.15. The maximum Gasteiger partial charge on any atom is 0.127 e. The molecule has 0 bridgehead atoms. The van der Waals surface area contributed by atoms with E-state index < -0.39 is 0 Å². The molecule has 0 radical (unpaired) electrons. The molecular weight excluding hydrogens is 296 g/mol. The Morgan fingerprint density at radius 2 is 1.96 bits per heavy atom. The Labute approximate surface area is 147 Å². The summed E-state index contributed by atoms with van der Waals surface area (Å²) in [6.07, 6.45) is 11.1. The zero-order valence-corrected chi connectivity index (χ0v) is 15.9. The van der Waals surface area contributed by atoms with Crippen LogP contribution in [0.15, 0.2) is 35.4 Å². The molecule has 132 valence electrons. The van der Waals surface area contributed by atoms with E-state index in [4.69, 9.17) is 4.74 Å². The molecule has 0 aliphatic carbocycles. The van der Waals surface area contributed by atoms with Gasteiger partial charge in [0.15, 0.2) is 0 Å². The summed E-state index contributed by atoms with van der Waals surface area (Å²) in [6.45, 7) is 10.8. The van der Waals surface area contributed by atoms with Crippen molar-refractivity contribution >= 4 is 0 Å². The van der Waals surface area contributed by atoms with Crippen molar-refractivity contribution in [2.75, 3.05) is 0 Å². The average molecular weight is 328 g/mol. The molecule has 1 heterocycles. The van der Waals surface area contributed by atoms with Crippen LogP contribution in [0, 0.1) is 6.92 Å². The van der Waals surface area contributed by atoms with E-state index in [2.05, 4.69) is 39.8 Å². The van der Waals surface area contributed by atoms with Gasteiger partial charge in [0.1, 0.15) is 17.1 Å². The molecule has 2 rings (SSSR count). The first-order valence-corrected chi connectivity index (χ1v) is 9.09. The zero-order valence-electron chi connectivity index (χ0n) is 15.9. The highest BCUT2D eigenvalue weighted by molar-refractivity contribution is 5.47. The van der Waals surface area contributed by atoms with Crippen molar-refractivity contribution in [1.29, 1.82) is 0 Å². The van der Waals surface area contributed by atoms with Gasteiger partial charge in [0, 0.05) is 6.07 Å². The van der Waals surface area contributed by atoms with Crippen molar-refractivity contribution in [1.82, 2.24) is 0 Å². The van der Waals surface area contributed by atoms with Gasteiger partial charge < -0.3 is 9.84 Å². The van der Waals surface area contributed by atoms with Crippen LogP contribution in [0.1, 0.15) is 70.9 Å². The molecule has 1 aliphatic rings. The molecule has 0 saturated carbocycles.